The number of amides is 2. The van der Waals surface area contributed by atoms with Gasteiger partial charge in [0.25, 0.3) is 0 Å². The van der Waals surface area contributed by atoms with E-state index in [1.807, 2.05) is 13.8 Å². The fourth-order valence-electron chi connectivity index (χ4n) is 2.26. The second-order valence-electron chi connectivity index (χ2n) is 5.14. The normalized spacial score (nSPS) is 20.7. The van der Waals surface area contributed by atoms with Gasteiger partial charge in [-0.1, -0.05) is 20.3 Å². The molecule has 0 aromatic carbocycles. The number of hydrogen-bond donors (Lipinski definition) is 1. The summed E-state index contributed by atoms with van der Waals surface area (Å²) in [6.07, 6.45) is 2.19. The van der Waals surface area contributed by atoms with E-state index in [2.05, 4.69) is 5.32 Å². The van der Waals surface area contributed by atoms with Crippen LogP contribution in [0.5, 0.6) is 0 Å². The third-order valence-electron chi connectivity index (χ3n) is 3.32. The fraction of sp³-hybridized carbons (Fsp3) is 0.846. The Labute approximate surface area is 120 Å². The average molecular weight is 304 g/mol. The van der Waals surface area contributed by atoms with Crippen molar-refractivity contribution in [2.24, 2.45) is 0 Å². The Hall–Kier alpha value is -1.11. The van der Waals surface area contributed by atoms with Crippen LogP contribution in [0.2, 0.25) is 0 Å². The maximum absolute atomic E-state index is 12.3. The van der Waals surface area contributed by atoms with Gasteiger partial charge in [0, 0.05) is 25.3 Å². The van der Waals surface area contributed by atoms with E-state index in [9.17, 15) is 18.0 Å². The number of hydrogen-bond acceptors (Lipinski definition) is 4. The highest BCUT2D eigenvalue weighted by atomic mass is 32.2. The molecule has 20 heavy (non-hydrogen) atoms. The molecule has 2 amide bonds. The first kappa shape index (κ1) is 16.9. The number of nitrogens with zero attached hydrogens (tertiary/aromatic N) is 1. The predicted octanol–water partition coefficient (Wildman–Crippen LogP) is 0.328. The first-order chi connectivity index (χ1) is 9.39. The van der Waals surface area contributed by atoms with Crippen molar-refractivity contribution >= 4 is 21.7 Å². The lowest BCUT2D eigenvalue weighted by atomic mass is 10.1. The number of rotatable bonds is 7. The van der Waals surface area contributed by atoms with E-state index in [0.717, 1.165) is 6.42 Å². The molecule has 0 radical (unpaired) electrons. The first-order valence-electron chi connectivity index (χ1n) is 7.18. The Morgan fingerprint density at radius 2 is 1.90 bits per heavy atom. The molecule has 1 aliphatic rings. The SMILES string of the molecule is CCCC1NC(=O)CCN(CCS(=O)(=O)CCC)C1=O. The van der Waals surface area contributed by atoms with Crippen molar-refractivity contribution in [2.75, 3.05) is 24.6 Å². The first-order valence-corrected chi connectivity index (χ1v) is 9.00. The molecule has 0 aromatic heterocycles. The van der Waals surface area contributed by atoms with Gasteiger partial charge in [0.15, 0.2) is 9.84 Å². The third-order valence-corrected chi connectivity index (χ3v) is 5.15. The molecular weight excluding hydrogens is 280 g/mol. The van der Waals surface area contributed by atoms with E-state index < -0.39 is 15.9 Å². The maximum Gasteiger partial charge on any atom is 0.245 e. The van der Waals surface area contributed by atoms with E-state index in [4.69, 9.17) is 0 Å². The van der Waals surface area contributed by atoms with Gasteiger partial charge in [0.05, 0.1) is 5.75 Å². The minimum atomic E-state index is -3.11. The van der Waals surface area contributed by atoms with Gasteiger partial charge in [0.1, 0.15) is 6.04 Å². The topological polar surface area (TPSA) is 83.6 Å². The van der Waals surface area contributed by atoms with Crippen molar-refractivity contribution in [3.05, 3.63) is 0 Å². The molecule has 1 unspecified atom stereocenters. The molecular formula is C13H24N2O4S. The monoisotopic (exact) mass is 304 g/mol. The van der Waals surface area contributed by atoms with Crippen LogP contribution in [0.4, 0.5) is 0 Å². The quantitative estimate of drug-likeness (QED) is 0.734. The van der Waals surface area contributed by atoms with Crippen LogP contribution >= 0.6 is 0 Å². The van der Waals surface area contributed by atoms with Crippen LogP contribution in [-0.4, -0.2) is 55.8 Å². The Balaban J connectivity index is 2.67. The lowest BCUT2D eigenvalue weighted by molar-refractivity contribution is -0.133. The predicted molar refractivity (Wildman–Crippen MR) is 77.0 cm³/mol. The lowest BCUT2D eigenvalue weighted by Crippen LogP contribution is -2.45. The fourth-order valence-corrected chi connectivity index (χ4v) is 3.59. The number of carbonyl (C=O) groups excluding carboxylic acids is 2. The summed E-state index contributed by atoms with van der Waals surface area (Å²) in [4.78, 5) is 25.3. The minimum Gasteiger partial charge on any atom is -0.344 e. The smallest absolute Gasteiger partial charge is 0.245 e. The molecule has 1 heterocycles. The van der Waals surface area contributed by atoms with Crippen molar-refractivity contribution in [1.82, 2.24) is 10.2 Å². The Morgan fingerprint density at radius 1 is 1.20 bits per heavy atom. The van der Waals surface area contributed by atoms with Gasteiger partial charge in [0.2, 0.25) is 11.8 Å². The molecule has 1 rings (SSSR count). The molecule has 7 heteroatoms. The highest BCUT2D eigenvalue weighted by Gasteiger charge is 2.29. The number of sulfone groups is 1. The average Bonchev–Trinajstić information content (AvgIpc) is 2.49. The van der Waals surface area contributed by atoms with E-state index in [1.54, 1.807) is 0 Å². The van der Waals surface area contributed by atoms with Gasteiger partial charge in [-0.25, -0.2) is 8.42 Å². The zero-order chi connectivity index (χ0) is 15.2. The van der Waals surface area contributed by atoms with Crippen molar-refractivity contribution in [3.8, 4) is 0 Å². The molecule has 0 saturated carbocycles. The highest BCUT2D eigenvalue weighted by Crippen LogP contribution is 2.09. The Bertz CT molecular complexity index is 447. The van der Waals surface area contributed by atoms with E-state index >= 15 is 0 Å². The van der Waals surface area contributed by atoms with Crippen LogP contribution in [0, 0.1) is 0 Å². The summed E-state index contributed by atoms with van der Waals surface area (Å²) in [6, 6.07) is -0.510. The van der Waals surface area contributed by atoms with Crippen molar-refractivity contribution in [3.63, 3.8) is 0 Å². The van der Waals surface area contributed by atoms with Gasteiger partial charge in [-0.05, 0) is 12.8 Å². The summed E-state index contributed by atoms with van der Waals surface area (Å²) < 4.78 is 23.4. The Morgan fingerprint density at radius 3 is 2.50 bits per heavy atom. The molecule has 0 aromatic rings. The number of carbonyl (C=O) groups is 2. The summed E-state index contributed by atoms with van der Waals surface area (Å²) in [5, 5.41) is 2.70. The molecule has 0 bridgehead atoms. The van der Waals surface area contributed by atoms with Crippen LogP contribution in [0.15, 0.2) is 0 Å². The van der Waals surface area contributed by atoms with Crippen LogP contribution in [-0.2, 0) is 19.4 Å². The molecule has 0 spiro atoms. The summed E-state index contributed by atoms with van der Waals surface area (Å²) in [5.74, 6) is -0.190. The van der Waals surface area contributed by atoms with Gasteiger partial charge in [-0.15, -0.1) is 0 Å². The van der Waals surface area contributed by atoms with Crippen molar-refractivity contribution in [1.29, 1.82) is 0 Å². The van der Waals surface area contributed by atoms with Gasteiger partial charge < -0.3 is 10.2 Å². The summed E-state index contributed by atoms with van der Waals surface area (Å²) in [7, 11) is -3.11. The molecule has 0 aliphatic carbocycles. The van der Waals surface area contributed by atoms with Crippen molar-refractivity contribution in [2.45, 2.75) is 45.6 Å². The van der Waals surface area contributed by atoms with Crippen LogP contribution in [0.1, 0.15) is 39.5 Å². The van der Waals surface area contributed by atoms with E-state index in [1.165, 1.54) is 4.90 Å². The van der Waals surface area contributed by atoms with Crippen LogP contribution in [0.25, 0.3) is 0 Å². The van der Waals surface area contributed by atoms with E-state index in [-0.39, 0.29) is 36.3 Å². The van der Waals surface area contributed by atoms with Crippen LogP contribution < -0.4 is 5.32 Å². The molecule has 6 nitrogen and oxygen atoms in total. The molecule has 116 valence electrons. The second-order valence-corrected chi connectivity index (χ2v) is 7.44. The molecule has 1 aliphatic heterocycles. The van der Waals surface area contributed by atoms with Crippen molar-refractivity contribution < 1.29 is 18.0 Å². The third kappa shape index (κ3) is 5.11. The number of nitrogens with one attached hydrogen (secondary N) is 1. The molecule has 1 saturated heterocycles. The van der Waals surface area contributed by atoms with Gasteiger partial charge >= 0.3 is 0 Å². The summed E-state index contributed by atoms with van der Waals surface area (Å²) >= 11 is 0. The standard InChI is InChI=1S/C13H24N2O4S/c1-3-5-11-13(17)15(7-6-12(16)14-11)8-10-20(18,19)9-4-2/h11H,3-10H2,1-2H3,(H,14,16). The molecule has 1 atom stereocenters. The van der Waals surface area contributed by atoms with Crippen LogP contribution in [0.3, 0.4) is 0 Å². The van der Waals surface area contributed by atoms with Gasteiger partial charge in [-0.2, -0.15) is 0 Å². The molecule has 1 N–H and O–H groups in total. The minimum absolute atomic E-state index is 0.0282. The summed E-state index contributed by atoms with van der Waals surface area (Å²) in [6.45, 7) is 4.23. The zero-order valence-corrected chi connectivity index (χ0v) is 13.0. The summed E-state index contributed by atoms with van der Waals surface area (Å²) in [5.41, 5.74) is 0. The largest absolute Gasteiger partial charge is 0.344 e. The second kappa shape index (κ2) is 7.61. The van der Waals surface area contributed by atoms with E-state index in [0.29, 0.717) is 19.4 Å². The zero-order valence-electron chi connectivity index (χ0n) is 12.2. The maximum atomic E-state index is 12.3. The Kier molecular flexibility index (Phi) is 6.45. The van der Waals surface area contributed by atoms with Gasteiger partial charge in [-0.3, -0.25) is 9.59 Å². The molecule has 1 fully saturated rings. The highest BCUT2D eigenvalue weighted by molar-refractivity contribution is 7.91. The lowest BCUT2D eigenvalue weighted by Gasteiger charge is -2.23.